The Hall–Kier alpha value is -1.78. The van der Waals surface area contributed by atoms with Crippen LogP contribution in [-0.2, 0) is 9.53 Å². The van der Waals surface area contributed by atoms with Crippen LogP contribution in [0.15, 0.2) is 10.5 Å². The first-order chi connectivity index (χ1) is 8.60. The summed E-state index contributed by atoms with van der Waals surface area (Å²) in [7, 11) is 0. The molecule has 1 N–H and O–H groups in total. The molecule has 0 saturated heterocycles. The number of hydrogen-bond donors (Lipinski definition) is 1. The summed E-state index contributed by atoms with van der Waals surface area (Å²) in [5.74, 6) is 0.394. The highest BCUT2D eigenvalue weighted by molar-refractivity contribution is 5.97. The van der Waals surface area contributed by atoms with Gasteiger partial charge in [-0.15, -0.1) is 0 Å². The lowest BCUT2D eigenvalue weighted by atomic mass is 10.2. The summed E-state index contributed by atoms with van der Waals surface area (Å²) in [6.45, 7) is 10.4. The lowest BCUT2D eigenvalue weighted by Crippen LogP contribution is -2.42. The first-order valence-corrected chi connectivity index (χ1v) is 6.21. The van der Waals surface area contributed by atoms with Crippen molar-refractivity contribution in [3.8, 4) is 0 Å². The summed E-state index contributed by atoms with van der Waals surface area (Å²) < 4.78 is 10.5. The van der Waals surface area contributed by atoms with Gasteiger partial charge in [0.25, 0.3) is 5.91 Å². The van der Waals surface area contributed by atoms with Crippen LogP contribution in [0.5, 0.6) is 0 Å². The molecule has 0 fully saturated rings. The van der Waals surface area contributed by atoms with Gasteiger partial charge >= 0.3 is 5.97 Å². The zero-order valence-electron chi connectivity index (χ0n) is 12.3. The molecule has 0 aliphatic rings. The highest BCUT2D eigenvalue weighted by Gasteiger charge is 2.24. The topological polar surface area (TPSA) is 68.5 Å². The van der Waals surface area contributed by atoms with E-state index in [2.05, 4.69) is 5.32 Å². The average Bonchev–Trinajstić information content (AvgIpc) is 2.55. The summed E-state index contributed by atoms with van der Waals surface area (Å²) in [5.41, 5.74) is -0.133. The largest absolute Gasteiger partial charge is 0.466 e. The molecule has 1 atom stereocenters. The molecule has 0 unspecified atom stereocenters. The van der Waals surface area contributed by atoms with E-state index in [4.69, 9.17) is 9.15 Å². The molecule has 106 valence electrons. The van der Waals surface area contributed by atoms with Crippen molar-refractivity contribution >= 4 is 11.9 Å². The zero-order chi connectivity index (χ0) is 14.8. The molecule has 1 heterocycles. The van der Waals surface area contributed by atoms with Gasteiger partial charge in [-0.1, -0.05) is 0 Å². The van der Waals surface area contributed by atoms with Crippen LogP contribution in [0.25, 0.3) is 0 Å². The Bertz CT molecular complexity index is 482. The SMILES string of the molecule is Cc1cc(C(=O)N[C@H](C)C(=O)OC(C)(C)C)c(C)o1. The maximum atomic E-state index is 12.0. The summed E-state index contributed by atoms with van der Waals surface area (Å²) in [6, 6.07) is 0.938. The van der Waals surface area contributed by atoms with Gasteiger partial charge in [0, 0.05) is 0 Å². The highest BCUT2D eigenvalue weighted by Crippen LogP contribution is 2.14. The predicted octanol–water partition coefficient (Wildman–Crippen LogP) is 2.36. The molecule has 1 aromatic heterocycles. The van der Waals surface area contributed by atoms with Crippen molar-refractivity contribution in [1.29, 1.82) is 0 Å². The fourth-order valence-corrected chi connectivity index (χ4v) is 1.58. The Kier molecular flexibility index (Phi) is 4.39. The van der Waals surface area contributed by atoms with Crippen LogP contribution < -0.4 is 5.32 Å². The number of ether oxygens (including phenoxy) is 1. The molecule has 0 radical (unpaired) electrons. The maximum Gasteiger partial charge on any atom is 0.328 e. The van der Waals surface area contributed by atoms with Gasteiger partial charge < -0.3 is 14.5 Å². The molecule has 1 aromatic rings. The Morgan fingerprint density at radius 3 is 2.32 bits per heavy atom. The van der Waals surface area contributed by atoms with E-state index < -0.39 is 17.6 Å². The highest BCUT2D eigenvalue weighted by atomic mass is 16.6. The molecule has 5 nitrogen and oxygen atoms in total. The molecular weight excluding hydrogens is 246 g/mol. The van der Waals surface area contributed by atoms with Crippen LogP contribution in [-0.4, -0.2) is 23.5 Å². The van der Waals surface area contributed by atoms with E-state index in [-0.39, 0.29) is 5.91 Å². The van der Waals surface area contributed by atoms with E-state index in [1.165, 1.54) is 0 Å². The number of carbonyl (C=O) groups excluding carboxylic acids is 2. The van der Waals surface area contributed by atoms with Crippen LogP contribution in [0.4, 0.5) is 0 Å². The third-order valence-electron chi connectivity index (χ3n) is 2.39. The Morgan fingerprint density at radius 1 is 1.32 bits per heavy atom. The lowest BCUT2D eigenvalue weighted by Gasteiger charge is -2.22. The normalized spacial score (nSPS) is 12.9. The molecule has 1 amide bonds. The van der Waals surface area contributed by atoms with Crippen LogP contribution in [0.1, 0.15) is 49.6 Å². The fourth-order valence-electron chi connectivity index (χ4n) is 1.58. The number of hydrogen-bond acceptors (Lipinski definition) is 4. The zero-order valence-corrected chi connectivity index (χ0v) is 12.3. The number of esters is 1. The molecule has 1 rings (SSSR count). The molecule has 0 aliphatic heterocycles. The van der Waals surface area contributed by atoms with E-state index >= 15 is 0 Å². The molecule has 0 bridgehead atoms. The Balaban J connectivity index is 2.67. The molecule has 0 saturated carbocycles. The third-order valence-corrected chi connectivity index (χ3v) is 2.39. The summed E-state index contributed by atoms with van der Waals surface area (Å²) in [4.78, 5) is 23.7. The molecule has 5 heteroatoms. The Labute approximate surface area is 113 Å². The van der Waals surface area contributed by atoms with Gasteiger partial charge in [0.2, 0.25) is 0 Å². The van der Waals surface area contributed by atoms with Crippen LogP contribution in [0.3, 0.4) is 0 Å². The maximum absolute atomic E-state index is 12.0. The molecule has 0 aliphatic carbocycles. The van der Waals surface area contributed by atoms with Crippen LogP contribution in [0, 0.1) is 13.8 Å². The molecule has 0 aromatic carbocycles. The van der Waals surface area contributed by atoms with Gasteiger partial charge in [-0.3, -0.25) is 4.79 Å². The number of nitrogens with one attached hydrogen (secondary N) is 1. The summed E-state index contributed by atoms with van der Waals surface area (Å²) in [5, 5.41) is 2.60. The minimum Gasteiger partial charge on any atom is -0.466 e. The van der Waals surface area contributed by atoms with E-state index in [0.717, 1.165) is 0 Å². The second-order valence-corrected chi connectivity index (χ2v) is 5.56. The van der Waals surface area contributed by atoms with Gasteiger partial charge in [0.15, 0.2) is 0 Å². The number of carbonyl (C=O) groups is 2. The minimum atomic E-state index is -0.707. The monoisotopic (exact) mass is 267 g/mol. The van der Waals surface area contributed by atoms with Gasteiger partial charge in [-0.25, -0.2) is 4.79 Å². The molecular formula is C14H21NO4. The van der Waals surface area contributed by atoms with Crippen molar-refractivity contribution in [3.63, 3.8) is 0 Å². The van der Waals surface area contributed by atoms with Gasteiger partial charge in [-0.05, 0) is 47.6 Å². The van der Waals surface area contributed by atoms with Gasteiger partial charge in [0.05, 0.1) is 5.56 Å². The smallest absolute Gasteiger partial charge is 0.328 e. The third kappa shape index (κ3) is 4.43. The van der Waals surface area contributed by atoms with Crippen molar-refractivity contribution in [3.05, 3.63) is 23.2 Å². The second kappa shape index (κ2) is 5.47. The lowest BCUT2D eigenvalue weighted by molar-refractivity contribution is -0.156. The number of amides is 1. The quantitative estimate of drug-likeness (QED) is 0.854. The fraction of sp³-hybridized carbons (Fsp3) is 0.571. The van der Waals surface area contributed by atoms with Crippen molar-refractivity contribution < 1.29 is 18.7 Å². The van der Waals surface area contributed by atoms with Crippen molar-refractivity contribution in [1.82, 2.24) is 5.32 Å². The second-order valence-electron chi connectivity index (χ2n) is 5.56. The van der Waals surface area contributed by atoms with Crippen molar-refractivity contribution in [2.24, 2.45) is 0 Å². The average molecular weight is 267 g/mol. The van der Waals surface area contributed by atoms with Gasteiger partial charge in [0.1, 0.15) is 23.2 Å². The van der Waals surface area contributed by atoms with Crippen LogP contribution >= 0.6 is 0 Å². The van der Waals surface area contributed by atoms with E-state index in [9.17, 15) is 9.59 Å². The first-order valence-electron chi connectivity index (χ1n) is 6.21. The van der Waals surface area contributed by atoms with Gasteiger partial charge in [-0.2, -0.15) is 0 Å². The van der Waals surface area contributed by atoms with E-state index in [1.54, 1.807) is 47.6 Å². The number of aryl methyl sites for hydroxylation is 2. The standard InChI is InChI=1S/C14H21NO4/c1-8-7-11(10(3)18-8)12(16)15-9(2)13(17)19-14(4,5)6/h7,9H,1-6H3,(H,15,16)/t9-/m1/s1. The molecule has 0 spiro atoms. The first kappa shape index (κ1) is 15.3. The Morgan fingerprint density at radius 2 is 1.89 bits per heavy atom. The predicted molar refractivity (Wildman–Crippen MR) is 71.0 cm³/mol. The van der Waals surface area contributed by atoms with Crippen molar-refractivity contribution in [2.75, 3.05) is 0 Å². The minimum absolute atomic E-state index is 0.340. The summed E-state index contributed by atoms with van der Waals surface area (Å²) in [6.07, 6.45) is 0. The number of furan rings is 1. The van der Waals surface area contributed by atoms with E-state index in [0.29, 0.717) is 17.1 Å². The summed E-state index contributed by atoms with van der Waals surface area (Å²) >= 11 is 0. The van der Waals surface area contributed by atoms with Crippen LogP contribution in [0.2, 0.25) is 0 Å². The van der Waals surface area contributed by atoms with E-state index in [1.807, 2.05) is 0 Å². The van der Waals surface area contributed by atoms with Crippen molar-refractivity contribution in [2.45, 2.75) is 53.2 Å². The number of rotatable bonds is 3. The molecule has 19 heavy (non-hydrogen) atoms.